The van der Waals surface area contributed by atoms with Crippen molar-refractivity contribution in [1.82, 2.24) is 10.3 Å². The Kier molecular flexibility index (Phi) is 5.66. The number of rotatable bonds is 6. The van der Waals surface area contributed by atoms with Gasteiger partial charge >= 0.3 is 5.97 Å². The molecule has 128 valence electrons. The molecule has 0 spiro atoms. The van der Waals surface area contributed by atoms with E-state index in [2.05, 4.69) is 10.3 Å². The molecule has 1 heterocycles. The van der Waals surface area contributed by atoms with Gasteiger partial charge in [-0.05, 0) is 31.4 Å². The van der Waals surface area contributed by atoms with E-state index < -0.39 is 17.9 Å². The first-order chi connectivity index (χ1) is 11.3. The summed E-state index contributed by atoms with van der Waals surface area (Å²) in [6.07, 6.45) is 0.343. The average molecular weight is 350 g/mol. The Morgan fingerprint density at radius 2 is 2.08 bits per heavy atom. The fourth-order valence-corrected chi connectivity index (χ4v) is 3.23. The molecule has 0 aliphatic rings. The lowest BCUT2D eigenvalue weighted by Gasteiger charge is -2.15. The van der Waals surface area contributed by atoms with Crippen LogP contribution >= 0.6 is 11.3 Å². The lowest BCUT2D eigenvalue weighted by Crippen LogP contribution is -2.41. The van der Waals surface area contributed by atoms with Crippen LogP contribution in [0.15, 0.2) is 24.3 Å². The highest BCUT2D eigenvalue weighted by atomic mass is 32.1. The Labute approximate surface area is 143 Å². The topological polar surface area (TPSA) is 79.3 Å². The molecule has 24 heavy (non-hydrogen) atoms. The molecule has 2 N–H and O–H groups in total. The Morgan fingerprint density at radius 3 is 2.67 bits per heavy atom. The molecular formula is C17H19FN2O3S. The molecule has 0 fully saturated rings. The predicted octanol–water partition coefficient (Wildman–Crippen LogP) is 3.49. The van der Waals surface area contributed by atoms with Crippen molar-refractivity contribution in [2.45, 2.75) is 33.2 Å². The summed E-state index contributed by atoms with van der Waals surface area (Å²) in [5.74, 6) is -1.78. The monoisotopic (exact) mass is 350 g/mol. The molecular weight excluding hydrogens is 331 g/mol. The maximum Gasteiger partial charge on any atom is 0.326 e. The number of halogens is 1. The molecule has 2 rings (SSSR count). The summed E-state index contributed by atoms with van der Waals surface area (Å²) in [4.78, 5) is 28.3. The van der Waals surface area contributed by atoms with Gasteiger partial charge in [-0.1, -0.05) is 26.0 Å². The van der Waals surface area contributed by atoms with Gasteiger partial charge in [0.25, 0.3) is 5.91 Å². The molecule has 0 saturated carbocycles. The van der Waals surface area contributed by atoms with E-state index in [-0.39, 0.29) is 11.7 Å². The number of thiazole rings is 1. The van der Waals surface area contributed by atoms with Crippen molar-refractivity contribution in [2.24, 2.45) is 5.92 Å². The SMILES string of the molecule is Cc1nc(-c2cccc(F)c2)sc1C(=O)N[C@@H](CC(C)C)C(=O)O. The molecule has 0 unspecified atom stereocenters. The summed E-state index contributed by atoms with van der Waals surface area (Å²) in [5, 5.41) is 12.3. The minimum Gasteiger partial charge on any atom is -0.480 e. The van der Waals surface area contributed by atoms with Crippen molar-refractivity contribution >= 4 is 23.2 Å². The number of aromatic nitrogens is 1. The van der Waals surface area contributed by atoms with Crippen LogP contribution in [0.5, 0.6) is 0 Å². The van der Waals surface area contributed by atoms with Crippen LogP contribution in [0.1, 0.15) is 35.6 Å². The second-order valence-corrected chi connectivity index (χ2v) is 6.94. The highest BCUT2D eigenvalue weighted by Gasteiger charge is 2.24. The van der Waals surface area contributed by atoms with Gasteiger partial charge in [0, 0.05) is 5.56 Å². The van der Waals surface area contributed by atoms with Gasteiger partial charge < -0.3 is 10.4 Å². The second kappa shape index (κ2) is 7.53. The van der Waals surface area contributed by atoms with E-state index in [1.54, 1.807) is 19.1 Å². The highest BCUT2D eigenvalue weighted by molar-refractivity contribution is 7.17. The second-order valence-electron chi connectivity index (χ2n) is 5.94. The third-order valence-electron chi connectivity index (χ3n) is 3.38. The van der Waals surface area contributed by atoms with E-state index in [4.69, 9.17) is 0 Å². The lowest BCUT2D eigenvalue weighted by molar-refractivity contribution is -0.139. The van der Waals surface area contributed by atoms with Crippen molar-refractivity contribution in [3.63, 3.8) is 0 Å². The van der Waals surface area contributed by atoms with Crippen LogP contribution in [0.2, 0.25) is 0 Å². The number of nitrogens with one attached hydrogen (secondary N) is 1. The summed E-state index contributed by atoms with van der Waals surface area (Å²) in [5.41, 5.74) is 1.07. The van der Waals surface area contributed by atoms with Crippen molar-refractivity contribution in [2.75, 3.05) is 0 Å². The summed E-state index contributed by atoms with van der Waals surface area (Å²) < 4.78 is 13.3. The number of benzene rings is 1. The van der Waals surface area contributed by atoms with Crippen LogP contribution in [0, 0.1) is 18.7 Å². The van der Waals surface area contributed by atoms with Gasteiger partial charge in [-0.25, -0.2) is 14.2 Å². The maximum absolute atomic E-state index is 13.3. The number of carboxylic acids is 1. The minimum absolute atomic E-state index is 0.136. The number of carboxylic acid groups (broad SMARTS) is 1. The smallest absolute Gasteiger partial charge is 0.326 e. The molecule has 0 aliphatic heterocycles. The lowest BCUT2D eigenvalue weighted by atomic mass is 10.0. The van der Waals surface area contributed by atoms with E-state index in [0.29, 0.717) is 27.6 Å². The maximum atomic E-state index is 13.3. The van der Waals surface area contributed by atoms with Crippen LogP contribution in [-0.4, -0.2) is 28.0 Å². The zero-order valence-electron chi connectivity index (χ0n) is 13.7. The fraction of sp³-hybridized carbons (Fsp3) is 0.353. The van der Waals surface area contributed by atoms with Crippen LogP contribution in [0.3, 0.4) is 0 Å². The number of aliphatic carboxylic acids is 1. The standard InChI is InChI=1S/C17H19FN2O3S/c1-9(2)7-13(17(22)23)20-15(21)14-10(3)19-16(24-14)11-5-4-6-12(18)8-11/h4-6,8-9,13H,7H2,1-3H3,(H,20,21)(H,22,23)/t13-/m0/s1. The molecule has 7 heteroatoms. The van der Waals surface area contributed by atoms with E-state index in [9.17, 15) is 19.1 Å². The number of carbonyl (C=O) groups excluding carboxylic acids is 1. The quantitative estimate of drug-likeness (QED) is 0.836. The summed E-state index contributed by atoms with van der Waals surface area (Å²) >= 11 is 1.12. The van der Waals surface area contributed by atoms with Gasteiger partial charge in [-0.15, -0.1) is 11.3 Å². The first-order valence-corrected chi connectivity index (χ1v) is 8.36. The Morgan fingerprint density at radius 1 is 1.38 bits per heavy atom. The highest BCUT2D eigenvalue weighted by Crippen LogP contribution is 2.28. The van der Waals surface area contributed by atoms with E-state index in [1.165, 1.54) is 12.1 Å². The fourth-order valence-electron chi connectivity index (χ4n) is 2.27. The normalized spacial score (nSPS) is 12.2. The summed E-state index contributed by atoms with van der Waals surface area (Å²) in [6.45, 7) is 5.45. The van der Waals surface area contributed by atoms with E-state index in [0.717, 1.165) is 11.3 Å². The van der Waals surface area contributed by atoms with Crippen LogP contribution in [0.4, 0.5) is 4.39 Å². The van der Waals surface area contributed by atoms with Crippen molar-refractivity contribution in [3.8, 4) is 10.6 Å². The Bertz CT molecular complexity index is 758. The molecule has 1 atom stereocenters. The van der Waals surface area contributed by atoms with Crippen LogP contribution in [-0.2, 0) is 4.79 Å². The van der Waals surface area contributed by atoms with Crippen molar-refractivity contribution in [1.29, 1.82) is 0 Å². The summed E-state index contributed by atoms with van der Waals surface area (Å²) in [6, 6.07) is 5.02. The third kappa shape index (κ3) is 4.38. The number of aryl methyl sites for hydroxylation is 1. The van der Waals surface area contributed by atoms with Gasteiger partial charge in [0.2, 0.25) is 0 Å². The number of carbonyl (C=O) groups is 2. The molecule has 0 bridgehead atoms. The number of nitrogens with zero attached hydrogens (tertiary/aromatic N) is 1. The molecule has 1 aromatic carbocycles. The van der Waals surface area contributed by atoms with E-state index >= 15 is 0 Å². The average Bonchev–Trinajstić information content (AvgIpc) is 2.88. The van der Waals surface area contributed by atoms with Crippen LogP contribution < -0.4 is 5.32 Å². The molecule has 5 nitrogen and oxygen atoms in total. The van der Waals surface area contributed by atoms with Gasteiger partial charge in [0.1, 0.15) is 21.7 Å². The van der Waals surface area contributed by atoms with Gasteiger partial charge in [0.05, 0.1) is 5.69 Å². The van der Waals surface area contributed by atoms with Crippen molar-refractivity contribution < 1.29 is 19.1 Å². The Hall–Kier alpha value is -2.28. The van der Waals surface area contributed by atoms with Gasteiger partial charge in [-0.3, -0.25) is 4.79 Å². The van der Waals surface area contributed by atoms with E-state index in [1.807, 2.05) is 13.8 Å². The zero-order chi connectivity index (χ0) is 17.9. The first kappa shape index (κ1) is 18.1. The third-order valence-corrected chi connectivity index (χ3v) is 4.59. The zero-order valence-corrected chi connectivity index (χ0v) is 14.5. The number of hydrogen-bond acceptors (Lipinski definition) is 4. The first-order valence-electron chi connectivity index (χ1n) is 7.55. The molecule has 0 aliphatic carbocycles. The minimum atomic E-state index is -1.07. The molecule has 0 saturated heterocycles. The summed E-state index contributed by atoms with van der Waals surface area (Å²) in [7, 11) is 0. The molecule has 2 aromatic rings. The Balaban J connectivity index is 2.22. The molecule has 1 aromatic heterocycles. The number of amides is 1. The number of hydrogen-bond donors (Lipinski definition) is 2. The van der Waals surface area contributed by atoms with Crippen molar-refractivity contribution in [3.05, 3.63) is 40.7 Å². The largest absolute Gasteiger partial charge is 0.480 e. The van der Waals surface area contributed by atoms with Gasteiger partial charge in [0.15, 0.2) is 0 Å². The molecule has 0 radical (unpaired) electrons. The van der Waals surface area contributed by atoms with Gasteiger partial charge in [-0.2, -0.15) is 0 Å². The van der Waals surface area contributed by atoms with Crippen LogP contribution in [0.25, 0.3) is 10.6 Å². The molecule has 1 amide bonds. The predicted molar refractivity (Wildman–Crippen MR) is 90.6 cm³/mol.